The Bertz CT molecular complexity index is 1380. The first-order valence-electron chi connectivity index (χ1n) is 14.1. The summed E-state index contributed by atoms with van der Waals surface area (Å²) in [7, 11) is 0. The molecule has 2 heterocycles. The fraction of sp³-hybridized carbons (Fsp3) is 0.406. The van der Waals surface area contributed by atoms with Crippen LogP contribution in [-0.2, 0) is 9.53 Å². The van der Waals surface area contributed by atoms with E-state index in [-0.39, 0.29) is 0 Å². The minimum atomic E-state index is -0.544. The second-order valence-electron chi connectivity index (χ2n) is 10.1. The molecule has 1 aliphatic rings. The van der Waals surface area contributed by atoms with E-state index < -0.39 is 5.91 Å². The summed E-state index contributed by atoms with van der Waals surface area (Å²) in [6.45, 7) is 12.7. The first-order chi connectivity index (χ1) is 19.3. The van der Waals surface area contributed by atoms with Crippen molar-refractivity contribution in [1.82, 2.24) is 10.3 Å². The molecule has 0 spiro atoms. The van der Waals surface area contributed by atoms with Gasteiger partial charge in [-0.3, -0.25) is 9.79 Å². The van der Waals surface area contributed by atoms with Crippen molar-refractivity contribution in [3.63, 3.8) is 0 Å². The van der Waals surface area contributed by atoms with Gasteiger partial charge in [-0.25, -0.2) is 0 Å². The van der Waals surface area contributed by atoms with E-state index in [9.17, 15) is 4.79 Å². The molecule has 1 aromatic heterocycles. The zero-order valence-electron chi connectivity index (χ0n) is 24.5. The van der Waals surface area contributed by atoms with E-state index in [0.29, 0.717) is 45.9 Å². The molecule has 3 rings (SSSR count). The number of benzene rings is 1. The summed E-state index contributed by atoms with van der Waals surface area (Å²) >= 11 is 0. The lowest BCUT2D eigenvalue weighted by Crippen LogP contribution is -2.29. The number of primary amides is 1. The maximum Gasteiger partial charge on any atom is 0.250 e. The average molecular weight is 545 g/mol. The first kappa shape index (κ1) is 30.6. The van der Waals surface area contributed by atoms with E-state index >= 15 is 0 Å². The summed E-state index contributed by atoms with van der Waals surface area (Å²) in [5, 5.41) is 12.5. The van der Waals surface area contributed by atoms with E-state index in [1.807, 2.05) is 39.0 Å². The molecule has 0 radical (unpaired) electrons. The molecular weight excluding hydrogens is 500 g/mol. The highest BCUT2D eigenvalue weighted by atomic mass is 16.5. The second kappa shape index (κ2) is 14.5. The molecule has 214 valence electrons. The molecule has 0 aliphatic carbocycles. The minimum absolute atomic E-state index is 0.358. The Morgan fingerprint density at radius 3 is 2.58 bits per heavy atom. The van der Waals surface area contributed by atoms with Crippen molar-refractivity contribution in [2.24, 2.45) is 16.6 Å². The number of aromatic nitrogens is 1. The molecule has 7 N–H and O–H groups in total. The quantitative estimate of drug-likeness (QED) is 0.0922. The highest BCUT2D eigenvalue weighted by molar-refractivity contribution is 6.23. The third-order valence-electron chi connectivity index (χ3n) is 7.36. The minimum Gasteiger partial charge on any atom is -0.398 e. The summed E-state index contributed by atoms with van der Waals surface area (Å²) in [6, 6.07) is 3.60. The summed E-state index contributed by atoms with van der Waals surface area (Å²) in [5.41, 5.74) is 19.3. The van der Waals surface area contributed by atoms with Crippen molar-refractivity contribution >= 4 is 45.7 Å². The molecule has 0 bridgehead atoms. The van der Waals surface area contributed by atoms with Crippen molar-refractivity contribution in [1.29, 1.82) is 5.41 Å². The number of aliphatic imine (C=N–C) groups is 1. The number of fused-ring (bicyclic) bond motifs is 1. The first-order valence-corrected chi connectivity index (χ1v) is 14.1. The lowest BCUT2D eigenvalue weighted by Gasteiger charge is -2.25. The normalized spacial score (nSPS) is 16.5. The third kappa shape index (κ3) is 6.99. The fourth-order valence-corrected chi connectivity index (χ4v) is 4.96. The number of nitrogens with two attached hydrogens (primary N) is 2. The van der Waals surface area contributed by atoms with Gasteiger partial charge < -0.3 is 31.9 Å². The van der Waals surface area contributed by atoms with Gasteiger partial charge in [0, 0.05) is 65.1 Å². The summed E-state index contributed by atoms with van der Waals surface area (Å²) < 4.78 is 5.56. The molecule has 0 saturated carbocycles. The molecule has 1 aliphatic heterocycles. The van der Waals surface area contributed by atoms with Crippen LogP contribution in [0, 0.1) is 11.3 Å². The maximum atomic E-state index is 12.5. The number of hydrogen-bond acceptors (Lipinski definition) is 6. The van der Waals surface area contributed by atoms with E-state index in [0.717, 1.165) is 61.5 Å². The summed E-state index contributed by atoms with van der Waals surface area (Å²) in [4.78, 5) is 21.0. The van der Waals surface area contributed by atoms with E-state index in [2.05, 4.69) is 30.2 Å². The van der Waals surface area contributed by atoms with Crippen LogP contribution < -0.4 is 16.8 Å². The molecule has 1 fully saturated rings. The number of carbonyl (C=O) groups is 1. The van der Waals surface area contributed by atoms with Gasteiger partial charge in [-0.1, -0.05) is 38.2 Å². The van der Waals surface area contributed by atoms with Crippen LogP contribution in [0.15, 0.2) is 58.3 Å². The van der Waals surface area contributed by atoms with Gasteiger partial charge in [0.05, 0.1) is 17.0 Å². The molecular formula is C32H44N6O2. The maximum absolute atomic E-state index is 12.5. The fourth-order valence-electron chi connectivity index (χ4n) is 4.96. The number of rotatable bonds is 12. The number of nitrogen functional groups attached to an aromatic ring is 1. The van der Waals surface area contributed by atoms with Gasteiger partial charge in [0.1, 0.15) is 0 Å². The Hall–Kier alpha value is -3.91. The van der Waals surface area contributed by atoms with Gasteiger partial charge in [-0.05, 0) is 70.1 Å². The van der Waals surface area contributed by atoms with Crippen molar-refractivity contribution < 1.29 is 9.53 Å². The number of allylic oxidation sites excluding steroid dienone is 6. The monoisotopic (exact) mass is 544 g/mol. The highest BCUT2D eigenvalue weighted by Gasteiger charge is 2.23. The standard InChI is InChI=1S/C32H44N6O2/c1-6-9-11-23(29(20(4)8-3)36-19-22-14-16-40-17-15-22)21(5)37-31-28-25(18-33)26(34)12-13-27(28)38-30(31)24(10-7-2)32(35)39/h6,9-13,18,22,33,36,38H,7-8,14-17,19,34H2,1-5H3,(H2,35,39)/b9-6-,23-11-,24-10-,29-20-,33-18?,37-21?. The number of nitrogens with one attached hydrogen (secondary N) is 3. The number of nitrogens with zero attached hydrogens (tertiary/aromatic N) is 1. The van der Waals surface area contributed by atoms with Crippen molar-refractivity contribution in [3.8, 4) is 0 Å². The Balaban J connectivity index is 2.25. The Kier molecular flexibility index (Phi) is 11.1. The molecule has 2 aromatic rings. The third-order valence-corrected chi connectivity index (χ3v) is 7.36. The Labute approximate surface area is 237 Å². The Morgan fingerprint density at radius 2 is 1.98 bits per heavy atom. The van der Waals surface area contributed by atoms with E-state index in [1.165, 1.54) is 11.8 Å². The number of H-pyrrole nitrogens is 1. The lowest BCUT2D eigenvalue weighted by atomic mass is 9.97. The molecule has 0 unspecified atom stereocenters. The molecule has 8 nitrogen and oxygen atoms in total. The van der Waals surface area contributed by atoms with E-state index in [1.54, 1.807) is 12.1 Å². The van der Waals surface area contributed by atoms with Gasteiger partial charge in [0.2, 0.25) is 0 Å². The van der Waals surface area contributed by atoms with Gasteiger partial charge >= 0.3 is 0 Å². The number of aromatic amines is 1. The highest BCUT2D eigenvalue weighted by Crippen LogP contribution is 2.39. The van der Waals surface area contributed by atoms with Crippen molar-refractivity contribution in [2.75, 3.05) is 25.5 Å². The average Bonchev–Trinajstić information content (AvgIpc) is 3.30. The SMILES string of the molecule is C\C=C/C=C(C(C)=Nc1c(/C(=C/CC)C(N)=O)[nH]c2ccc(N)c(C=N)c12)\C(NCC1CCOCC1)=C(/C)CC. The van der Waals surface area contributed by atoms with Crippen LogP contribution in [0.25, 0.3) is 16.5 Å². The van der Waals surface area contributed by atoms with Gasteiger partial charge in [0.15, 0.2) is 0 Å². The van der Waals surface area contributed by atoms with Crippen LogP contribution in [0.4, 0.5) is 11.4 Å². The topological polar surface area (TPSA) is 142 Å². The number of anilines is 1. The number of hydrogen-bond donors (Lipinski definition) is 5. The smallest absolute Gasteiger partial charge is 0.250 e. The zero-order chi connectivity index (χ0) is 29.2. The molecule has 1 saturated heterocycles. The molecule has 1 amide bonds. The lowest BCUT2D eigenvalue weighted by molar-refractivity contribution is -0.112. The van der Waals surface area contributed by atoms with Crippen LogP contribution in [0.3, 0.4) is 0 Å². The molecule has 8 heteroatoms. The van der Waals surface area contributed by atoms with Crippen LogP contribution in [0.5, 0.6) is 0 Å². The van der Waals surface area contributed by atoms with Crippen LogP contribution in [0.2, 0.25) is 0 Å². The number of amides is 1. The van der Waals surface area contributed by atoms with Crippen molar-refractivity contribution in [2.45, 2.75) is 60.3 Å². The van der Waals surface area contributed by atoms with Crippen LogP contribution in [-0.4, -0.2) is 42.6 Å². The van der Waals surface area contributed by atoms with Gasteiger partial charge in [-0.15, -0.1) is 0 Å². The molecule has 1 aromatic carbocycles. The van der Waals surface area contributed by atoms with E-state index in [4.69, 9.17) is 26.6 Å². The Morgan fingerprint density at radius 1 is 1.25 bits per heavy atom. The van der Waals surface area contributed by atoms with Crippen LogP contribution >= 0.6 is 0 Å². The summed E-state index contributed by atoms with van der Waals surface area (Å²) in [6.07, 6.45) is 12.7. The molecule has 0 atom stereocenters. The number of carbonyl (C=O) groups excluding carboxylic acids is 1. The summed E-state index contributed by atoms with van der Waals surface area (Å²) in [5.74, 6) is 0.00127. The van der Waals surface area contributed by atoms with Gasteiger partial charge in [0.25, 0.3) is 5.91 Å². The largest absolute Gasteiger partial charge is 0.398 e. The van der Waals surface area contributed by atoms with Crippen molar-refractivity contribution in [3.05, 3.63) is 64.5 Å². The molecule has 40 heavy (non-hydrogen) atoms. The zero-order valence-corrected chi connectivity index (χ0v) is 24.5. The second-order valence-corrected chi connectivity index (χ2v) is 10.1. The van der Waals surface area contributed by atoms with Gasteiger partial charge in [-0.2, -0.15) is 0 Å². The predicted octanol–water partition coefficient (Wildman–Crippen LogP) is 6.32. The van der Waals surface area contributed by atoms with Crippen LogP contribution in [0.1, 0.15) is 71.6 Å². The predicted molar refractivity (Wildman–Crippen MR) is 168 cm³/mol. The number of ether oxygens (including phenoxy) is 1.